The molecule has 0 spiro atoms. The Labute approximate surface area is 163 Å². The molecule has 2 aromatic carbocycles. The molecule has 1 aliphatic rings. The highest BCUT2D eigenvalue weighted by molar-refractivity contribution is 6.30. The average molecular weight is 385 g/mol. The number of nitro benzene ring substituents is 1. The highest BCUT2D eigenvalue weighted by Gasteiger charge is 2.15. The third kappa shape index (κ3) is 5.64. The van der Waals surface area contributed by atoms with Crippen LogP contribution >= 0.6 is 11.6 Å². The first kappa shape index (κ1) is 19.1. The van der Waals surface area contributed by atoms with Crippen LogP contribution in [0, 0.1) is 10.1 Å². The lowest BCUT2D eigenvalue weighted by Crippen LogP contribution is -2.43. The second-order valence-corrected chi connectivity index (χ2v) is 6.73. The maximum absolute atomic E-state index is 11.0. The number of hydrogen-bond donors (Lipinski definition) is 0. The highest BCUT2D eigenvalue weighted by Crippen LogP contribution is 2.18. The molecule has 6 nitrogen and oxygen atoms in total. The van der Waals surface area contributed by atoms with E-state index >= 15 is 0 Å². The van der Waals surface area contributed by atoms with Crippen LogP contribution in [0.25, 0.3) is 6.08 Å². The second-order valence-electron chi connectivity index (χ2n) is 6.30. The Bertz CT molecular complexity index is 828. The zero-order valence-corrected chi connectivity index (χ0v) is 15.6. The molecule has 1 fully saturated rings. The van der Waals surface area contributed by atoms with Gasteiger partial charge in [0.25, 0.3) is 5.69 Å². The van der Waals surface area contributed by atoms with Crippen molar-refractivity contribution in [1.29, 1.82) is 0 Å². The number of para-hydroxylation sites is 1. The lowest BCUT2D eigenvalue weighted by atomic mass is 10.1. The fraction of sp³-hybridized carbons (Fsp3) is 0.250. The van der Waals surface area contributed by atoms with Crippen molar-refractivity contribution in [2.24, 2.45) is 5.10 Å². The van der Waals surface area contributed by atoms with Gasteiger partial charge in [0, 0.05) is 50.0 Å². The van der Waals surface area contributed by atoms with Crippen LogP contribution in [-0.4, -0.2) is 47.2 Å². The van der Waals surface area contributed by atoms with Gasteiger partial charge in [-0.2, -0.15) is 5.10 Å². The van der Waals surface area contributed by atoms with E-state index in [1.165, 1.54) is 11.6 Å². The van der Waals surface area contributed by atoms with E-state index < -0.39 is 0 Å². The lowest BCUT2D eigenvalue weighted by molar-refractivity contribution is -0.385. The Morgan fingerprint density at radius 2 is 1.78 bits per heavy atom. The molecule has 1 heterocycles. The quantitative estimate of drug-likeness (QED) is 0.428. The van der Waals surface area contributed by atoms with Crippen LogP contribution < -0.4 is 0 Å². The third-order valence-electron chi connectivity index (χ3n) is 4.39. The molecule has 7 heteroatoms. The van der Waals surface area contributed by atoms with Crippen LogP contribution in [-0.2, 0) is 6.54 Å². The van der Waals surface area contributed by atoms with Crippen molar-refractivity contribution >= 4 is 29.6 Å². The van der Waals surface area contributed by atoms with Crippen LogP contribution in [0.2, 0.25) is 5.02 Å². The minimum atomic E-state index is -0.378. The summed E-state index contributed by atoms with van der Waals surface area (Å²) in [5.74, 6) is 0. The molecule has 0 amide bonds. The van der Waals surface area contributed by atoms with Gasteiger partial charge in [0.2, 0.25) is 0 Å². The van der Waals surface area contributed by atoms with E-state index in [-0.39, 0.29) is 10.6 Å². The molecular formula is C20H21ClN4O2. The zero-order chi connectivity index (χ0) is 19.1. The van der Waals surface area contributed by atoms with E-state index in [1.807, 2.05) is 17.1 Å². The van der Waals surface area contributed by atoms with E-state index in [0.29, 0.717) is 5.56 Å². The van der Waals surface area contributed by atoms with Crippen molar-refractivity contribution in [2.45, 2.75) is 6.54 Å². The first-order valence-corrected chi connectivity index (χ1v) is 9.15. The number of halogens is 1. The molecule has 0 bridgehead atoms. The smallest absolute Gasteiger partial charge is 0.276 e. The van der Waals surface area contributed by atoms with E-state index in [4.69, 9.17) is 11.6 Å². The molecule has 0 N–H and O–H groups in total. The summed E-state index contributed by atoms with van der Waals surface area (Å²) < 4.78 is 0. The van der Waals surface area contributed by atoms with Gasteiger partial charge in [-0.05, 0) is 35.9 Å². The van der Waals surface area contributed by atoms with Gasteiger partial charge < -0.3 is 0 Å². The minimum absolute atomic E-state index is 0.0953. The van der Waals surface area contributed by atoms with Crippen LogP contribution in [0.3, 0.4) is 0 Å². The van der Waals surface area contributed by atoms with Crippen LogP contribution in [0.15, 0.2) is 59.7 Å². The zero-order valence-electron chi connectivity index (χ0n) is 14.9. The fourth-order valence-electron chi connectivity index (χ4n) is 2.93. The van der Waals surface area contributed by atoms with Crippen molar-refractivity contribution in [3.63, 3.8) is 0 Å². The maximum atomic E-state index is 11.0. The predicted octanol–water partition coefficient (Wildman–Crippen LogP) is 4.07. The standard InChI is InChI=1S/C20H21ClN4O2/c21-19-9-7-17(8-10-19)16-23-12-14-24(15-13-23)22-11-3-5-18-4-1-2-6-20(18)25(26)27/h1-11H,12-16H2/b5-3-,22-11-. The number of nitrogens with zero attached hydrogens (tertiary/aromatic N) is 4. The number of piperazine rings is 1. The van der Waals surface area contributed by atoms with Gasteiger partial charge in [0.15, 0.2) is 0 Å². The van der Waals surface area contributed by atoms with E-state index in [9.17, 15) is 10.1 Å². The number of hydrazone groups is 1. The van der Waals surface area contributed by atoms with Gasteiger partial charge in [0.05, 0.1) is 10.5 Å². The Balaban J connectivity index is 1.48. The van der Waals surface area contributed by atoms with Gasteiger partial charge in [-0.25, -0.2) is 0 Å². The number of rotatable bonds is 6. The Hall–Kier alpha value is -2.70. The monoisotopic (exact) mass is 384 g/mol. The second kappa shape index (κ2) is 9.30. The van der Waals surface area contributed by atoms with Crippen molar-refractivity contribution in [2.75, 3.05) is 26.2 Å². The molecule has 1 saturated heterocycles. The van der Waals surface area contributed by atoms with Gasteiger partial charge >= 0.3 is 0 Å². The first-order chi connectivity index (χ1) is 13.1. The van der Waals surface area contributed by atoms with E-state index in [0.717, 1.165) is 37.7 Å². The first-order valence-electron chi connectivity index (χ1n) is 8.77. The number of hydrogen-bond acceptors (Lipinski definition) is 5. The molecular weight excluding hydrogens is 364 g/mol. The molecule has 0 atom stereocenters. The highest BCUT2D eigenvalue weighted by atomic mass is 35.5. The summed E-state index contributed by atoms with van der Waals surface area (Å²) in [5.41, 5.74) is 1.92. The normalized spacial score (nSPS) is 15.7. The average Bonchev–Trinajstić information content (AvgIpc) is 2.68. The van der Waals surface area contributed by atoms with Gasteiger partial charge in [-0.15, -0.1) is 0 Å². The summed E-state index contributed by atoms with van der Waals surface area (Å²) in [6, 6.07) is 14.6. The van der Waals surface area contributed by atoms with Crippen molar-refractivity contribution < 1.29 is 4.92 Å². The maximum Gasteiger partial charge on any atom is 0.276 e. The van der Waals surface area contributed by atoms with Gasteiger partial charge in [0.1, 0.15) is 0 Å². The van der Waals surface area contributed by atoms with E-state index in [1.54, 1.807) is 36.6 Å². The number of benzene rings is 2. The van der Waals surface area contributed by atoms with Crippen LogP contribution in [0.5, 0.6) is 0 Å². The molecule has 0 radical (unpaired) electrons. The number of allylic oxidation sites excluding steroid dienone is 1. The molecule has 1 aliphatic heterocycles. The lowest BCUT2D eigenvalue weighted by Gasteiger charge is -2.32. The Kier molecular flexibility index (Phi) is 6.57. The van der Waals surface area contributed by atoms with Crippen LogP contribution in [0.4, 0.5) is 5.69 Å². The summed E-state index contributed by atoms with van der Waals surface area (Å²) in [6.07, 6.45) is 5.13. The molecule has 0 aromatic heterocycles. The molecule has 2 aromatic rings. The summed E-state index contributed by atoms with van der Waals surface area (Å²) in [5, 5.41) is 18.2. The van der Waals surface area contributed by atoms with E-state index in [2.05, 4.69) is 22.1 Å². The largest absolute Gasteiger partial charge is 0.295 e. The predicted molar refractivity (Wildman–Crippen MR) is 109 cm³/mol. The molecule has 3 rings (SSSR count). The van der Waals surface area contributed by atoms with Crippen LogP contribution in [0.1, 0.15) is 11.1 Å². The molecule has 0 saturated carbocycles. The fourth-order valence-corrected chi connectivity index (χ4v) is 3.06. The minimum Gasteiger partial charge on any atom is -0.295 e. The van der Waals surface area contributed by atoms with Crippen molar-refractivity contribution in [3.05, 3.63) is 80.9 Å². The third-order valence-corrected chi connectivity index (χ3v) is 4.65. The SMILES string of the molecule is O=[N+]([O-])c1ccccc1/C=C\C=N/N1CCN(Cc2ccc(Cl)cc2)CC1. The molecule has 27 heavy (non-hydrogen) atoms. The molecule has 0 unspecified atom stereocenters. The summed E-state index contributed by atoms with van der Waals surface area (Å²) in [4.78, 5) is 13.0. The summed E-state index contributed by atoms with van der Waals surface area (Å²) >= 11 is 5.92. The Morgan fingerprint density at radius 1 is 1.07 bits per heavy atom. The van der Waals surface area contributed by atoms with Crippen molar-refractivity contribution in [1.82, 2.24) is 9.91 Å². The molecule has 0 aliphatic carbocycles. The van der Waals surface area contributed by atoms with Crippen molar-refractivity contribution in [3.8, 4) is 0 Å². The topological polar surface area (TPSA) is 62.0 Å². The summed E-state index contributed by atoms with van der Waals surface area (Å²) in [7, 11) is 0. The van der Waals surface area contributed by atoms with Gasteiger partial charge in [-0.1, -0.05) is 35.9 Å². The Morgan fingerprint density at radius 3 is 2.48 bits per heavy atom. The number of nitro groups is 1. The molecule has 140 valence electrons. The van der Waals surface area contributed by atoms with Gasteiger partial charge in [-0.3, -0.25) is 20.0 Å². The summed E-state index contributed by atoms with van der Waals surface area (Å²) in [6.45, 7) is 4.49.